The number of amides is 3. The standard InChI is InChI=1S/C27H29N3O6/c1-16-25(32)30(17(2)26(33)34)14-8-7-13-23(24(31)28-16)29-27(35)36-15-22-20-11-5-3-9-18(20)19-10-4-6-12-21(19)22/h3-12,16-17,22-23H,13-15H2,1-2H3,(H,28,31)(H,29,35)(H,33,34)/b8-7-/t16-,17-,23-/m0/s1. The van der Waals surface area contributed by atoms with E-state index in [-0.39, 0.29) is 25.5 Å². The zero-order valence-electron chi connectivity index (χ0n) is 20.1. The van der Waals surface area contributed by atoms with Crippen LogP contribution in [0.5, 0.6) is 0 Å². The Labute approximate surface area is 209 Å². The summed E-state index contributed by atoms with van der Waals surface area (Å²) >= 11 is 0. The van der Waals surface area contributed by atoms with Crippen LogP contribution in [-0.2, 0) is 19.1 Å². The predicted octanol–water partition coefficient (Wildman–Crippen LogP) is 2.66. The van der Waals surface area contributed by atoms with Crippen molar-refractivity contribution in [1.82, 2.24) is 15.5 Å². The van der Waals surface area contributed by atoms with E-state index in [2.05, 4.69) is 10.6 Å². The maximum Gasteiger partial charge on any atom is 0.407 e. The van der Waals surface area contributed by atoms with Crippen molar-refractivity contribution >= 4 is 23.9 Å². The molecule has 36 heavy (non-hydrogen) atoms. The van der Waals surface area contributed by atoms with Crippen LogP contribution in [0.15, 0.2) is 60.7 Å². The van der Waals surface area contributed by atoms with Gasteiger partial charge < -0.3 is 25.4 Å². The molecule has 0 bridgehead atoms. The minimum Gasteiger partial charge on any atom is -0.480 e. The van der Waals surface area contributed by atoms with Gasteiger partial charge in [0.15, 0.2) is 0 Å². The first-order chi connectivity index (χ1) is 17.3. The lowest BCUT2D eigenvalue weighted by Crippen LogP contribution is -2.56. The molecule has 2 aromatic carbocycles. The molecule has 4 rings (SSSR count). The van der Waals surface area contributed by atoms with Gasteiger partial charge in [0.05, 0.1) is 0 Å². The van der Waals surface area contributed by atoms with Gasteiger partial charge in [0.2, 0.25) is 11.8 Å². The number of rotatable bonds is 5. The number of carbonyl (C=O) groups is 4. The van der Waals surface area contributed by atoms with E-state index in [1.54, 1.807) is 12.2 Å². The average Bonchev–Trinajstić information content (AvgIpc) is 3.19. The summed E-state index contributed by atoms with van der Waals surface area (Å²) in [6.45, 7) is 3.08. The quantitative estimate of drug-likeness (QED) is 0.553. The van der Waals surface area contributed by atoms with Crippen molar-refractivity contribution < 1.29 is 29.0 Å². The molecule has 188 valence electrons. The Bertz CT molecular complexity index is 1160. The number of alkyl carbamates (subject to hydrolysis) is 1. The summed E-state index contributed by atoms with van der Waals surface area (Å²) in [5.74, 6) is -2.33. The Morgan fingerprint density at radius 1 is 1.08 bits per heavy atom. The van der Waals surface area contributed by atoms with Crippen molar-refractivity contribution in [2.45, 2.75) is 44.3 Å². The molecule has 0 unspecified atom stereocenters. The molecule has 1 heterocycles. The van der Waals surface area contributed by atoms with Gasteiger partial charge in [-0.2, -0.15) is 0 Å². The van der Waals surface area contributed by atoms with Crippen LogP contribution in [0, 0.1) is 0 Å². The second-order valence-corrected chi connectivity index (χ2v) is 8.96. The molecule has 3 atom stereocenters. The Kier molecular flexibility index (Phi) is 7.38. The van der Waals surface area contributed by atoms with Crippen molar-refractivity contribution in [3.8, 4) is 11.1 Å². The molecule has 0 saturated carbocycles. The lowest BCUT2D eigenvalue weighted by atomic mass is 9.98. The third-order valence-corrected chi connectivity index (χ3v) is 6.63. The molecule has 1 aliphatic heterocycles. The predicted molar refractivity (Wildman–Crippen MR) is 132 cm³/mol. The summed E-state index contributed by atoms with van der Waals surface area (Å²) in [7, 11) is 0. The summed E-state index contributed by atoms with van der Waals surface area (Å²) in [5, 5.41) is 14.5. The third-order valence-electron chi connectivity index (χ3n) is 6.63. The van der Waals surface area contributed by atoms with E-state index >= 15 is 0 Å². The average molecular weight is 492 g/mol. The van der Waals surface area contributed by atoms with Gasteiger partial charge in [-0.15, -0.1) is 0 Å². The van der Waals surface area contributed by atoms with Gasteiger partial charge in [-0.1, -0.05) is 60.7 Å². The van der Waals surface area contributed by atoms with Gasteiger partial charge in [-0.3, -0.25) is 9.59 Å². The molecule has 2 aromatic rings. The Morgan fingerprint density at radius 2 is 1.69 bits per heavy atom. The van der Waals surface area contributed by atoms with Crippen molar-refractivity contribution in [2.24, 2.45) is 0 Å². The van der Waals surface area contributed by atoms with Gasteiger partial charge >= 0.3 is 12.1 Å². The fourth-order valence-corrected chi connectivity index (χ4v) is 4.63. The van der Waals surface area contributed by atoms with E-state index in [4.69, 9.17) is 4.74 Å². The largest absolute Gasteiger partial charge is 0.480 e. The number of hydrogen-bond acceptors (Lipinski definition) is 5. The molecule has 1 aliphatic carbocycles. The number of carboxylic acid groups (broad SMARTS) is 1. The van der Waals surface area contributed by atoms with Gasteiger partial charge in [0, 0.05) is 12.5 Å². The number of nitrogens with zero attached hydrogens (tertiary/aromatic N) is 1. The van der Waals surface area contributed by atoms with Crippen LogP contribution in [-0.4, -0.2) is 65.2 Å². The first-order valence-electron chi connectivity index (χ1n) is 11.9. The van der Waals surface area contributed by atoms with Crippen LogP contribution in [0.1, 0.15) is 37.3 Å². The van der Waals surface area contributed by atoms with Crippen LogP contribution in [0.3, 0.4) is 0 Å². The highest BCUT2D eigenvalue weighted by Crippen LogP contribution is 2.44. The number of fused-ring (bicyclic) bond motifs is 3. The summed E-state index contributed by atoms with van der Waals surface area (Å²) in [4.78, 5) is 50.8. The lowest BCUT2D eigenvalue weighted by molar-refractivity contribution is -0.150. The van der Waals surface area contributed by atoms with Crippen molar-refractivity contribution in [3.63, 3.8) is 0 Å². The van der Waals surface area contributed by atoms with E-state index in [1.165, 1.54) is 18.7 Å². The van der Waals surface area contributed by atoms with E-state index in [0.29, 0.717) is 0 Å². The zero-order valence-corrected chi connectivity index (χ0v) is 20.1. The molecular weight excluding hydrogens is 462 g/mol. The number of carbonyl (C=O) groups excluding carboxylic acids is 3. The van der Waals surface area contributed by atoms with Crippen molar-refractivity contribution in [1.29, 1.82) is 0 Å². The highest BCUT2D eigenvalue weighted by atomic mass is 16.5. The van der Waals surface area contributed by atoms with Crippen LogP contribution < -0.4 is 10.6 Å². The maximum absolute atomic E-state index is 12.8. The van der Waals surface area contributed by atoms with Crippen LogP contribution in [0.25, 0.3) is 11.1 Å². The smallest absolute Gasteiger partial charge is 0.407 e. The molecule has 0 aromatic heterocycles. The first kappa shape index (κ1) is 25.0. The fraction of sp³-hybridized carbons (Fsp3) is 0.333. The zero-order chi connectivity index (χ0) is 25.8. The molecule has 3 amide bonds. The van der Waals surface area contributed by atoms with Crippen LogP contribution in [0.2, 0.25) is 0 Å². The fourth-order valence-electron chi connectivity index (χ4n) is 4.63. The number of aliphatic carboxylic acids is 1. The van der Waals surface area contributed by atoms with E-state index in [9.17, 15) is 24.3 Å². The molecule has 0 radical (unpaired) electrons. The second-order valence-electron chi connectivity index (χ2n) is 8.96. The Hall–Kier alpha value is -4.14. The SMILES string of the molecule is C[C@@H]1NC(=O)[C@@H](NC(=O)OCC2c3ccccc3-c3ccccc32)C/C=C\CN([C@@H](C)C(=O)O)C1=O. The van der Waals surface area contributed by atoms with Gasteiger partial charge in [0.25, 0.3) is 0 Å². The molecule has 0 fully saturated rings. The van der Waals surface area contributed by atoms with Crippen molar-refractivity contribution in [2.75, 3.05) is 13.2 Å². The molecule has 0 saturated heterocycles. The van der Waals surface area contributed by atoms with Gasteiger partial charge in [0.1, 0.15) is 24.7 Å². The Morgan fingerprint density at radius 3 is 2.31 bits per heavy atom. The molecule has 3 N–H and O–H groups in total. The molecule has 2 aliphatic rings. The number of hydrogen-bond donors (Lipinski definition) is 3. The monoisotopic (exact) mass is 491 g/mol. The summed E-state index contributed by atoms with van der Waals surface area (Å²) in [6, 6.07) is 13.0. The lowest BCUT2D eigenvalue weighted by Gasteiger charge is -2.30. The van der Waals surface area contributed by atoms with Crippen LogP contribution >= 0.6 is 0 Å². The highest BCUT2D eigenvalue weighted by Gasteiger charge is 2.32. The van der Waals surface area contributed by atoms with Gasteiger partial charge in [-0.25, -0.2) is 9.59 Å². The molecule has 9 nitrogen and oxygen atoms in total. The van der Waals surface area contributed by atoms with E-state index in [0.717, 1.165) is 22.3 Å². The second kappa shape index (κ2) is 10.6. The van der Waals surface area contributed by atoms with Gasteiger partial charge in [-0.05, 0) is 42.5 Å². The number of ether oxygens (including phenoxy) is 1. The van der Waals surface area contributed by atoms with Crippen molar-refractivity contribution in [3.05, 3.63) is 71.8 Å². The Balaban J connectivity index is 1.42. The minimum absolute atomic E-state index is 0.0736. The number of nitrogens with one attached hydrogen (secondary N) is 2. The van der Waals surface area contributed by atoms with E-state index < -0.39 is 42.0 Å². The number of benzene rings is 2. The van der Waals surface area contributed by atoms with E-state index in [1.807, 2.05) is 48.5 Å². The minimum atomic E-state index is -1.14. The van der Waals surface area contributed by atoms with Crippen LogP contribution in [0.4, 0.5) is 4.79 Å². The topological polar surface area (TPSA) is 125 Å². The maximum atomic E-state index is 12.8. The molecular formula is C27H29N3O6. The summed E-state index contributed by atoms with van der Waals surface area (Å²) in [5.41, 5.74) is 4.39. The first-order valence-corrected chi connectivity index (χ1v) is 11.9. The molecule has 0 spiro atoms. The number of carboxylic acids is 1. The summed E-state index contributed by atoms with van der Waals surface area (Å²) < 4.78 is 5.55. The normalized spacial score (nSPS) is 21.6. The third kappa shape index (κ3) is 5.10. The highest BCUT2D eigenvalue weighted by molar-refractivity contribution is 5.93. The summed E-state index contributed by atoms with van der Waals surface area (Å²) in [6.07, 6.45) is 2.68. The molecule has 9 heteroatoms.